The van der Waals surface area contributed by atoms with Crippen molar-refractivity contribution in [2.75, 3.05) is 0 Å². The van der Waals surface area contributed by atoms with Crippen LogP contribution in [-0.4, -0.2) is 11.2 Å². The molecule has 13 heavy (non-hydrogen) atoms. The first-order chi connectivity index (χ1) is 6.14. The maximum absolute atomic E-state index is 9.93. The lowest BCUT2D eigenvalue weighted by Gasteiger charge is -2.44. The number of hydrogen-bond donors (Lipinski definition) is 1. The fourth-order valence-electron chi connectivity index (χ4n) is 3.21. The van der Waals surface area contributed by atoms with Gasteiger partial charge in [0.05, 0.1) is 6.10 Å². The van der Waals surface area contributed by atoms with Crippen LogP contribution in [0.15, 0.2) is 0 Å². The van der Waals surface area contributed by atoms with Crippen LogP contribution in [0.3, 0.4) is 0 Å². The lowest BCUT2D eigenvalue weighted by Crippen LogP contribution is -2.39. The van der Waals surface area contributed by atoms with E-state index in [1.165, 1.54) is 25.7 Å². The van der Waals surface area contributed by atoms with Gasteiger partial charge in [-0.15, -0.1) is 0 Å². The zero-order chi connectivity index (χ0) is 9.90. The van der Waals surface area contributed by atoms with E-state index in [4.69, 9.17) is 0 Å². The molecule has 0 heterocycles. The highest BCUT2D eigenvalue weighted by atomic mass is 16.3. The van der Waals surface area contributed by atoms with E-state index in [2.05, 4.69) is 20.8 Å². The predicted molar refractivity (Wildman–Crippen MR) is 56.7 cm³/mol. The Balaban J connectivity index is 2.67. The maximum Gasteiger partial charge on any atom is 0.0573 e. The molecule has 0 radical (unpaired) electrons. The monoisotopic (exact) mass is 184 g/mol. The van der Waals surface area contributed by atoms with Gasteiger partial charge in [0.25, 0.3) is 0 Å². The van der Waals surface area contributed by atoms with Gasteiger partial charge in [-0.05, 0) is 30.6 Å². The molecule has 0 aliphatic heterocycles. The van der Waals surface area contributed by atoms with E-state index in [1.807, 2.05) is 0 Å². The van der Waals surface area contributed by atoms with Crippen molar-refractivity contribution in [1.82, 2.24) is 0 Å². The molecular weight excluding hydrogens is 160 g/mol. The molecule has 0 aromatic heterocycles. The topological polar surface area (TPSA) is 20.2 Å². The molecule has 3 atom stereocenters. The average Bonchev–Trinajstić information content (AvgIpc) is 2.04. The summed E-state index contributed by atoms with van der Waals surface area (Å²) >= 11 is 0. The summed E-state index contributed by atoms with van der Waals surface area (Å²) in [6.07, 6.45) is 7.19. The first-order valence-electron chi connectivity index (χ1n) is 5.82. The van der Waals surface area contributed by atoms with E-state index < -0.39 is 0 Å². The minimum Gasteiger partial charge on any atom is -0.393 e. The molecule has 1 nitrogen and oxygen atoms in total. The van der Waals surface area contributed by atoms with Gasteiger partial charge < -0.3 is 5.11 Å². The van der Waals surface area contributed by atoms with Crippen molar-refractivity contribution in [2.45, 2.75) is 65.4 Å². The third-order valence-corrected chi connectivity index (χ3v) is 3.87. The fraction of sp³-hybridized carbons (Fsp3) is 1.00. The first-order valence-corrected chi connectivity index (χ1v) is 5.82. The zero-order valence-electron chi connectivity index (χ0n) is 9.34. The molecule has 0 aromatic carbocycles. The molecule has 1 N–H and O–H groups in total. The number of hydrogen-bond acceptors (Lipinski definition) is 1. The van der Waals surface area contributed by atoms with Crippen molar-refractivity contribution in [3.8, 4) is 0 Å². The summed E-state index contributed by atoms with van der Waals surface area (Å²) in [5.41, 5.74) is 0.418. The van der Waals surface area contributed by atoms with Crippen LogP contribution in [-0.2, 0) is 0 Å². The van der Waals surface area contributed by atoms with Crippen LogP contribution in [0.25, 0.3) is 0 Å². The third kappa shape index (κ3) is 2.25. The summed E-state index contributed by atoms with van der Waals surface area (Å²) in [5, 5.41) is 9.93. The highest BCUT2D eigenvalue weighted by Crippen LogP contribution is 2.45. The van der Waals surface area contributed by atoms with Crippen LogP contribution in [0.2, 0.25) is 0 Å². The number of aliphatic hydroxyl groups excluding tert-OH is 1. The molecule has 1 aliphatic carbocycles. The standard InChI is InChI=1S/C12H24O/c1-4-8-12(3)9-6-7-11(13)10(12)5-2/h10-11,13H,4-9H2,1-3H3/t10?,11?,12-/m0/s1. The SMILES string of the molecule is CCC[C@@]1(C)CCCC(O)C1CC. The molecule has 1 aliphatic rings. The maximum atomic E-state index is 9.93. The third-order valence-electron chi connectivity index (χ3n) is 3.87. The summed E-state index contributed by atoms with van der Waals surface area (Å²) in [5.74, 6) is 0.543. The minimum atomic E-state index is -0.0321. The smallest absolute Gasteiger partial charge is 0.0573 e. The average molecular weight is 184 g/mol. The molecule has 78 valence electrons. The molecule has 2 unspecified atom stereocenters. The molecule has 0 bridgehead atoms. The van der Waals surface area contributed by atoms with Crippen molar-refractivity contribution < 1.29 is 5.11 Å². The molecule has 0 spiro atoms. The Labute approximate surface area is 82.5 Å². The summed E-state index contributed by atoms with van der Waals surface area (Å²) in [4.78, 5) is 0. The largest absolute Gasteiger partial charge is 0.393 e. The molecular formula is C12H24O. The van der Waals surface area contributed by atoms with Gasteiger partial charge in [0.2, 0.25) is 0 Å². The Morgan fingerprint density at radius 1 is 1.38 bits per heavy atom. The fourth-order valence-corrected chi connectivity index (χ4v) is 3.21. The Morgan fingerprint density at radius 3 is 2.62 bits per heavy atom. The summed E-state index contributed by atoms with van der Waals surface area (Å²) < 4.78 is 0. The van der Waals surface area contributed by atoms with Crippen molar-refractivity contribution >= 4 is 0 Å². The lowest BCUT2D eigenvalue weighted by atomic mass is 9.63. The van der Waals surface area contributed by atoms with E-state index in [1.54, 1.807) is 0 Å². The van der Waals surface area contributed by atoms with Gasteiger partial charge in [0, 0.05) is 0 Å². The van der Waals surface area contributed by atoms with Crippen LogP contribution in [0.5, 0.6) is 0 Å². The molecule has 0 amide bonds. The van der Waals surface area contributed by atoms with Crippen LogP contribution in [0, 0.1) is 11.3 Å². The Hall–Kier alpha value is -0.0400. The van der Waals surface area contributed by atoms with Crippen LogP contribution in [0.4, 0.5) is 0 Å². The quantitative estimate of drug-likeness (QED) is 0.713. The van der Waals surface area contributed by atoms with E-state index in [0.29, 0.717) is 11.3 Å². The molecule has 0 saturated heterocycles. The van der Waals surface area contributed by atoms with E-state index in [-0.39, 0.29) is 6.10 Å². The Morgan fingerprint density at radius 2 is 2.08 bits per heavy atom. The molecule has 1 saturated carbocycles. The molecule has 1 rings (SSSR count). The lowest BCUT2D eigenvalue weighted by molar-refractivity contribution is -0.0249. The van der Waals surface area contributed by atoms with E-state index >= 15 is 0 Å². The van der Waals surface area contributed by atoms with Crippen LogP contribution in [0.1, 0.15) is 59.3 Å². The van der Waals surface area contributed by atoms with Gasteiger partial charge in [-0.2, -0.15) is 0 Å². The summed E-state index contributed by atoms with van der Waals surface area (Å²) in [6, 6.07) is 0. The Kier molecular flexibility index (Phi) is 3.78. The summed E-state index contributed by atoms with van der Waals surface area (Å²) in [6.45, 7) is 6.83. The van der Waals surface area contributed by atoms with Crippen molar-refractivity contribution in [2.24, 2.45) is 11.3 Å². The second kappa shape index (κ2) is 4.45. The molecule has 1 fully saturated rings. The highest BCUT2D eigenvalue weighted by molar-refractivity contribution is 4.89. The van der Waals surface area contributed by atoms with E-state index in [0.717, 1.165) is 12.8 Å². The van der Waals surface area contributed by atoms with Crippen molar-refractivity contribution in [1.29, 1.82) is 0 Å². The van der Waals surface area contributed by atoms with Crippen molar-refractivity contribution in [3.05, 3.63) is 0 Å². The van der Waals surface area contributed by atoms with E-state index in [9.17, 15) is 5.11 Å². The summed E-state index contributed by atoms with van der Waals surface area (Å²) in [7, 11) is 0. The van der Waals surface area contributed by atoms with Gasteiger partial charge in [0.15, 0.2) is 0 Å². The van der Waals surface area contributed by atoms with Gasteiger partial charge in [0.1, 0.15) is 0 Å². The minimum absolute atomic E-state index is 0.0321. The highest BCUT2D eigenvalue weighted by Gasteiger charge is 2.39. The van der Waals surface area contributed by atoms with Gasteiger partial charge in [-0.25, -0.2) is 0 Å². The number of aliphatic hydroxyl groups is 1. The normalized spacial score (nSPS) is 40.6. The first kappa shape index (κ1) is 11.0. The number of rotatable bonds is 3. The van der Waals surface area contributed by atoms with Gasteiger partial charge in [-0.1, -0.05) is 40.0 Å². The zero-order valence-corrected chi connectivity index (χ0v) is 9.34. The van der Waals surface area contributed by atoms with Crippen LogP contribution >= 0.6 is 0 Å². The second-order valence-electron chi connectivity index (χ2n) is 4.88. The van der Waals surface area contributed by atoms with Gasteiger partial charge >= 0.3 is 0 Å². The van der Waals surface area contributed by atoms with Crippen LogP contribution < -0.4 is 0 Å². The predicted octanol–water partition coefficient (Wildman–Crippen LogP) is 3.36. The molecule has 1 heteroatoms. The molecule has 0 aromatic rings. The van der Waals surface area contributed by atoms with Gasteiger partial charge in [-0.3, -0.25) is 0 Å². The van der Waals surface area contributed by atoms with Crippen molar-refractivity contribution in [3.63, 3.8) is 0 Å². The Bertz CT molecular complexity index is 151. The second-order valence-corrected chi connectivity index (χ2v) is 4.88.